The quantitative estimate of drug-likeness (QED) is 0.650. The fourth-order valence-electron chi connectivity index (χ4n) is 1.26. The maximum Gasteiger partial charge on any atom is 0.0451 e. The molecule has 0 aliphatic carbocycles. The van der Waals surface area contributed by atoms with Gasteiger partial charge in [0.15, 0.2) is 0 Å². The van der Waals surface area contributed by atoms with Crippen LogP contribution >= 0.6 is 11.6 Å². The Balaban J connectivity index is 3.11. The van der Waals surface area contributed by atoms with Gasteiger partial charge < -0.3 is 4.57 Å². The van der Waals surface area contributed by atoms with Gasteiger partial charge in [0.1, 0.15) is 0 Å². The van der Waals surface area contributed by atoms with Crippen molar-refractivity contribution in [3.05, 3.63) is 41.2 Å². The molecular formula is C11H14ClN. The SMILES string of the molecule is C=C/C(Cl)=C\c1c(C)ccn1CC. The Bertz CT molecular complexity index is 334. The van der Waals surface area contributed by atoms with Crippen LogP contribution in [0, 0.1) is 6.92 Å². The minimum Gasteiger partial charge on any atom is -0.348 e. The number of hydrogen-bond donors (Lipinski definition) is 0. The van der Waals surface area contributed by atoms with Gasteiger partial charge in [-0.3, -0.25) is 0 Å². The van der Waals surface area contributed by atoms with Crippen molar-refractivity contribution in [3.63, 3.8) is 0 Å². The lowest BCUT2D eigenvalue weighted by Crippen LogP contribution is -1.95. The first kappa shape index (κ1) is 10.1. The molecule has 0 atom stereocenters. The lowest BCUT2D eigenvalue weighted by molar-refractivity contribution is 0.759. The molecule has 1 nitrogen and oxygen atoms in total. The summed E-state index contributed by atoms with van der Waals surface area (Å²) in [5.74, 6) is 0. The topological polar surface area (TPSA) is 4.93 Å². The normalized spacial score (nSPS) is 11.8. The molecule has 1 aromatic rings. The van der Waals surface area contributed by atoms with E-state index in [0.717, 1.165) is 12.2 Å². The predicted octanol–water partition coefficient (Wildman–Crippen LogP) is 3.58. The Labute approximate surface area is 84.3 Å². The number of halogens is 1. The average Bonchev–Trinajstić information content (AvgIpc) is 2.48. The smallest absolute Gasteiger partial charge is 0.0451 e. The highest BCUT2D eigenvalue weighted by Gasteiger charge is 2.01. The molecule has 0 fully saturated rings. The van der Waals surface area contributed by atoms with Crippen molar-refractivity contribution in [2.45, 2.75) is 20.4 Å². The summed E-state index contributed by atoms with van der Waals surface area (Å²) in [6.45, 7) is 8.76. The maximum atomic E-state index is 5.89. The van der Waals surface area contributed by atoms with Crippen molar-refractivity contribution in [3.8, 4) is 0 Å². The Morgan fingerprint density at radius 2 is 2.38 bits per heavy atom. The number of aryl methyl sites for hydroxylation is 2. The van der Waals surface area contributed by atoms with Crippen molar-refractivity contribution in [1.82, 2.24) is 4.57 Å². The number of rotatable bonds is 3. The van der Waals surface area contributed by atoms with Gasteiger partial charge in [0.05, 0.1) is 0 Å². The molecule has 2 heteroatoms. The third-order valence-electron chi connectivity index (χ3n) is 2.03. The molecule has 0 aliphatic rings. The number of aromatic nitrogens is 1. The van der Waals surface area contributed by atoms with Gasteiger partial charge >= 0.3 is 0 Å². The Hall–Kier alpha value is -0.950. The van der Waals surface area contributed by atoms with Crippen LogP contribution in [0.5, 0.6) is 0 Å². The molecule has 0 amide bonds. The van der Waals surface area contributed by atoms with Crippen LogP contribution in [0.25, 0.3) is 6.08 Å². The first-order valence-corrected chi connectivity index (χ1v) is 4.72. The fourth-order valence-corrected chi connectivity index (χ4v) is 1.36. The lowest BCUT2D eigenvalue weighted by atomic mass is 10.2. The second kappa shape index (κ2) is 4.33. The Morgan fingerprint density at radius 1 is 1.69 bits per heavy atom. The van der Waals surface area contributed by atoms with Crippen LogP contribution in [0.15, 0.2) is 30.0 Å². The molecule has 1 aromatic heterocycles. The summed E-state index contributed by atoms with van der Waals surface area (Å²) in [5, 5.41) is 0.677. The number of hydrogen-bond acceptors (Lipinski definition) is 0. The molecule has 0 bridgehead atoms. The van der Waals surface area contributed by atoms with Crippen molar-refractivity contribution in [2.24, 2.45) is 0 Å². The van der Waals surface area contributed by atoms with E-state index in [0.29, 0.717) is 5.03 Å². The molecule has 0 N–H and O–H groups in total. The highest BCUT2D eigenvalue weighted by atomic mass is 35.5. The van der Waals surface area contributed by atoms with Gasteiger partial charge in [0.25, 0.3) is 0 Å². The van der Waals surface area contributed by atoms with Crippen LogP contribution in [0.3, 0.4) is 0 Å². The standard InChI is InChI=1S/C11H14ClN/c1-4-10(12)8-11-9(3)6-7-13(11)5-2/h4,6-8H,1,5H2,2-3H3/b10-8+. The zero-order valence-corrected chi connectivity index (χ0v) is 8.80. The number of allylic oxidation sites excluding steroid dienone is 2. The van der Waals surface area contributed by atoms with Gasteiger partial charge in [-0.1, -0.05) is 24.3 Å². The highest BCUT2D eigenvalue weighted by Crippen LogP contribution is 2.16. The predicted molar refractivity (Wildman–Crippen MR) is 58.9 cm³/mol. The second-order valence-electron chi connectivity index (χ2n) is 2.90. The van der Waals surface area contributed by atoms with Gasteiger partial charge in [-0.05, 0) is 31.6 Å². The largest absolute Gasteiger partial charge is 0.348 e. The van der Waals surface area contributed by atoms with Crippen LogP contribution in [0.1, 0.15) is 18.2 Å². The molecule has 0 spiro atoms. The Kier molecular flexibility index (Phi) is 3.38. The van der Waals surface area contributed by atoms with E-state index >= 15 is 0 Å². The summed E-state index contributed by atoms with van der Waals surface area (Å²) >= 11 is 5.89. The maximum absolute atomic E-state index is 5.89. The third-order valence-corrected chi connectivity index (χ3v) is 2.29. The van der Waals surface area contributed by atoms with E-state index in [-0.39, 0.29) is 0 Å². The molecule has 0 radical (unpaired) electrons. The van der Waals surface area contributed by atoms with E-state index in [2.05, 4.69) is 37.3 Å². The highest BCUT2D eigenvalue weighted by molar-refractivity contribution is 6.33. The second-order valence-corrected chi connectivity index (χ2v) is 3.34. The van der Waals surface area contributed by atoms with Crippen LogP contribution in [0.2, 0.25) is 0 Å². The zero-order chi connectivity index (χ0) is 9.84. The summed E-state index contributed by atoms with van der Waals surface area (Å²) in [6.07, 6.45) is 5.65. The molecule has 0 unspecified atom stereocenters. The molecule has 0 aromatic carbocycles. The van der Waals surface area contributed by atoms with E-state index in [4.69, 9.17) is 11.6 Å². The fraction of sp³-hybridized carbons (Fsp3) is 0.273. The molecular weight excluding hydrogens is 182 g/mol. The van der Waals surface area contributed by atoms with Gasteiger partial charge in [0.2, 0.25) is 0 Å². The summed E-state index contributed by atoms with van der Waals surface area (Å²) < 4.78 is 2.15. The van der Waals surface area contributed by atoms with Gasteiger partial charge in [-0.2, -0.15) is 0 Å². The van der Waals surface area contributed by atoms with Crippen LogP contribution < -0.4 is 0 Å². The first-order chi connectivity index (χ1) is 6.19. The summed E-state index contributed by atoms with van der Waals surface area (Å²) in [5.41, 5.74) is 2.40. The number of nitrogens with zero attached hydrogens (tertiary/aromatic N) is 1. The molecule has 0 saturated heterocycles. The van der Waals surface area contributed by atoms with Crippen molar-refractivity contribution >= 4 is 17.7 Å². The third kappa shape index (κ3) is 2.25. The van der Waals surface area contributed by atoms with E-state index < -0.39 is 0 Å². The summed E-state index contributed by atoms with van der Waals surface area (Å²) in [6, 6.07) is 2.09. The van der Waals surface area contributed by atoms with Crippen molar-refractivity contribution in [2.75, 3.05) is 0 Å². The molecule has 70 valence electrons. The zero-order valence-electron chi connectivity index (χ0n) is 8.05. The monoisotopic (exact) mass is 195 g/mol. The minimum absolute atomic E-state index is 0.677. The average molecular weight is 196 g/mol. The van der Waals surface area contributed by atoms with E-state index in [1.165, 1.54) is 5.56 Å². The Morgan fingerprint density at radius 3 is 2.92 bits per heavy atom. The molecule has 1 rings (SSSR count). The van der Waals surface area contributed by atoms with Crippen LogP contribution in [-0.2, 0) is 6.54 Å². The van der Waals surface area contributed by atoms with Crippen molar-refractivity contribution in [1.29, 1.82) is 0 Å². The van der Waals surface area contributed by atoms with Gasteiger partial charge in [-0.25, -0.2) is 0 Å². The summed E-state index contributed by atoms with van der Waals surface area (Å²) in [7, 11) is 0. The van der Waals surface area contributed by atoms with Gasteiger partial charge in [0, 0.05) is 23.5 Å². The first-order valence-electron chi connectivity index (χ1n) is 4.34. The minimum atomic E-state index is 0.677. The van der Waals surface area contributed by atoms with Crippen LogP contribution in [0.4, 0.5) is 0 Å². The van der Waals surface area contributed by atoms with Gasteiger partial charge in [-0.15, -0.1) is 0 Å². The lowest BCUT2D eigenvalue weighted by Gasteiger charge is -2.02. The molecule has 0 aliphatic heterocycles. The van der Waals surface area contributed by atoms with E-state index in [1.807, 2.05) is 6.08 Å². The summed E-state index contributed by atoms with van der Waals surface area (Å²) in [4.78, 5) is 0. The molecule has 13 heavy (non-hydrogen) atoms. The van der Waals surface area contributed by atoms with Crippen LogP contribution in [-0.4, -0.2) is 4.57 Å². The van der Waals surface area contributed by atoms with E-state index in [1.54, 1.807) is 6.08 Å². The van der Waals surface area contributed by atoms with E-state index in [9.17, 15) is 0 Å². The van der Waals surface area contributed by atoms with Crippen molar-refractivity contribution < 1.29 is 0 Å². The molecule has 0 saturated carbocycles. The molecule has 1 heterocycles.